The van der Waals surface area contributed by atoms with E-state index in [1.165, 1.54) is 32.2 Å². The van der Waals surface area contributed by atoms with Crippen LogP contribution in [0.2, 0.25) is 0 Å². The predicted octanol–water partition coefficient (Wildman–Crippen LogP) is 1.51. The fourth-order valence-corrected chi connectivity index (χ4v) is 2.13. The van der Waals surface area contributed by atoms with Crippen LogP contribution in [-0.2, 0) is 4.74 Å². The van der Waals surface area contributed by atoms with Gasteiger partial charge in [0.25, 0.3) is 0 Å². The maximum atomic E-state index is 5.35. The molecule has 3 nitrogen and oxygen atoms in total. The third-order valence-electron chi connectivity index (χ3n) is 2.92. The second kappa shape index (κ2) is 9.40. The maximum Gasteiger partial charge on any atom is 0.0593 e. The summed E-state index contributed by atoms with van der Waals surface area (Å²) in [4.78, 5) is 2.38. The molecular weight excluding hydrogens is 212 g/mol. The van der Waals surface area contributed by atoms with Gasteiger partial charge in [-0.05, 0) is 25.8 Å². The van der Waals surface area contributed by atoms with Gasteiger partial charge in [-0.25, -0.2) is 0 Å². The highest BCUT2D eigenvalue weighted by molar-refractivity contribution is 5.85. The second-order valence-corrected chi connectivity index (χ2v) is 4.31. The fraction of sp³-hybridized carbons (Fsp3) is 1.00. The van der Waals surface area contributed by atoms with Crippen molar-refractivity contribution in [2.75, 3.05) is 39.9 Å². The van der Waals surface area contributed by atoms with Crippen LogP contribution < -0.4 is 5.73 Å². The van der Waals surface area contributed by atoms with E-state index in [4.69, 9.17) is 10.5 Å². The Kier molecular flexibility index (Phi) is 9.51. The number of halogens is 1. The summed E-state index contributed by atoms with van der Waals surface area (Å²) < 4.78 is 5.35. The molecule has 1 aliphatic carbocycles. The molecule has 0 aliphatic heterocycles. The van der Waals surface area contributed by atoms with Gasteiger partial charge < -0.3 is 15.4 Å². The van der Waals surface area contributed by atoms with Gasteiger partial charge in [-0.1, -0.05) is 12.8 Å². The Morgan fingerprint density at radius 2 is 1.93 bits per heavy atom. The topological polar surface area (TPSA) is 38.5 Å². The third-order valence-corrected chi connectivity index (χ3v) is 2.92. The molecule has 0 unspecified atom stereocenters. The van der Waals surface area contributed by atoms with E-state index in [2.05, 4.69) is 11.9 Å². The van der Waals surface area contributed by atoms with Crippen molar-refractivity contribution in [3.8, 4) is 0 Å². The Morgan fingerprint density at radius 3 is 2.53 bits per heavy atom. The van der Waals surface area contributed by atoms with Gasteiger partial charge in [0, 0.05) is 19.6 Å². The van der Waals surface area contributed by atoms with Crippen LogP contribution in [0.15, 0.2) is 0 Å². The summed E-state index contributed by atoms with van der Waals surface area (Å²) in [7, 11) is 2.18. The third kappa shape index (κ3) is 7.12. The molecule has 0 atom stereocenters. The quantitative estimate of drug-likeness (QED) is 0.681. The number of nitrogens with two attached hydrogens (primary N) is 1. The van der Waals surface area contributed by atoms with Crippen molar-refractivity contribution in [2.45, 2.75) is 25.7 Å². The van der Waals surface area contributed by atoms with E-state index < -0.39 is 0 Å². The first kappa shape index (κ1) is 15.2. The van der Waals surface area contributed by atoms with E-state index >= 15 is 0 Å². The molecule has 92 valence electrons. The molecule has 0 amide bonds. The van der Waals surface area contributed by atoms with Gasteiger partial charge in [0.15, 0.2) is 0 Å². The highest BCUT2D eigenvalue weighted by Gasteiger charge is 2.16. The minimum Gasteiger partial charge on any atom is -0.379 e. The summed E-state index contributed by atoms with van der Waals surface area (Å²) >= 11 is 0. The van der Waals surface area contributed by atoms with Gasteiger partial charge in [0.1, 0.15) is 0 Å². The molecule has 0 radical (unpaired) electrons. The highest BCUT2D eigenvalue weighted by Crippen LogP contribution is 2.24. The van der Waals surface area contributed by atoms with Crippen LogP contribution in [0.1, 0.15) is 25.7 Å². The first-order chi connectivity index (χ1) is 6.83. The lowest BCUT2D eigenvalue weighted by Crippen LogP contribution is -2.28. The zero-order valence-electron chi connectivity index (χ0n) is 9.78. The van der Waals surface area contributed by atoms with Crippen LogP contribution in [0.3, 0.4) is 0 Å². The van der Waals surface area contributed by atoms with Gasteiger partial charge in [0.05, 0.1) is 13.2 Å². The van der Waals surface area contributed by atoms with Crippen molar-refractivity contribution in [1.82, 2.24) is 4.90 Å². The molecule has 1 saturated carbocycles. The van der Waals surface area contributed by atoms with Gasteiger partial charge >= 0.3 is 0 Å². The SMILES string of the molecule is CN(CCOCCN)CC1CCCC1.Cl. The molecular formula is C11H25ClN2O. The first-order valence-corrected chi connectivity index (χ1v) is 5.79. The molecule has 1 fully saturated rings. The summed E-state index contributed by atoms with van der Waals surface area (Å²) in [6, 6.07) is 0. The second-order valence-electron chi connectivity index (χ2n) is 4.31. The molecule has 0 spiro atoms. The van der Waals surface area contributed by atoms with Crippen LogP contribution in [-0.4, -0.2) is 44.8 Å². The van der Waals surface area contributed by atoms with E-state index in [1.54, 1.807) is 0 Å². The normalized spacial score (nSPS) is 17.0. The molecule has 0 bridgehead atoms. The van der Waals surface area contributed by atoms with Crippen LogP contribution in [0.5, 0.6) is 0 Å². The summed E-state index contributed by atoms with van der Waals surface area (Å²) in [5, 5.41) is 0. The lowest BCUT2D eigenvalue weighted by Gasteiger charge is -2.20. The standard InChI is InChI=1S/C11H24N2O.ClH/c1-13(7-9-14-8-6-12)10-11-4-2-3-5-11;/h11H,2-10,12H2,1H3;1H. The average molecular weight is 237 g/mol. The lowest BCUT2D eigenvalue weighted by atomic mass is 10.1. The minimum atomic E-state index is 0. The summed E-state index contributed by atoms with van der Waals surface area (Å²) in [5.41, 5.74) is 5.34. The van der Waals surface area contributed by atoms with Crippen molar-refractivity contribution >= 4 is 12.4 Å². The van der Waals surface area contributed by atoms with Gasteiger partial charge in [-0.3, -0.25) is 0 Å². The first-order valence-electron chi connectivity index (χ1n) is 5.79. The number of hydrogen-bond acceptors (Lipinski definition) is 3. The number of likely N-dealkylation sites (N-methyl/N-ethyl adjacent to an activating group) is 1. The largest absolute Gasteiger partial charge is 0.379 e. The van der Waals surface area contributed by atoms with Crippen LogP contribution in [0.25, 0.3) is 0 Å². The van der Waals surface area contributed by atoms with E-state index in [0.29, 0.717) is 13.2 Å². The number of rotatable bonds is 7. The molecule has 0 aromatic heterocycles. The van der Waals surface area contributed by atoms with Gasteiger partial charge in [0.2, 0.25) is 0 Å². The smallest absolute Gasteiger partial charge is 0.0593 e. The Labute approximate surface area is 99.7 Å². The van der Waals surface area contributed by atoms with E-state index in [-0.39, 0.29) is 12.4 Å². The number of hydrogen-bond donors (Lipinski definition) is 1. The molecule has 1 aliphatic rings. The molecule has 4 heteroatoms. The zero-order chi connectivity index (χ0) is 10.2. The molecule has 1 rings (SSSR count). The van der Waals surface area contributed by atoms with Crippen molar-refractivity contribution in [3.63, 3.8) is 0 Å². The van der Waals surface area contributed by atoms with Crippen LogP contribution >= 0.6 is 12.4 Å². The summed E-state index contributed by atoms with van der Waals surface area (Å²) in [6.45, 7) is 4.42. The number of ether oxygens (including phenoxy) is 1. The van der Waals surface area contributed by atoms with Crippen LogP contribution in [0.4, 0.5) is 0 Å². The Hall–Kier alpha value is 0.170. The van der Waals surface area contributed by atoms with Crippen molar-refractivity contribution in [3.05, 3.63) is 0 Å². The Morgan fingerprint density at radius 1 is 1.27 bits per heavy atom. The molecule has 0 aromatic rings. The Bertz CT molecular complexity index is 141. The number of nitrogens with zero attached hydrogens (tertiary/aromatic N) is 1. The summed E-state index contributed by atoms with van der Waals surface area (Å²) in [6.07, 6.45) is 5.71. The molecule has 15 heavy (non-hydrogen) atoms. The maximum absolute atomic E-state index is 5.35. The van der Waals surface area contributed by atoms with Gasteiger partial charge in [-0.15, -0.1) is 12.4 Å². The predicted molar refractivity (Wildman–Crippen MR) is 66.6 cm³/mol. The molecule has 0 aromatic carbocycles. The van der Waals surface area contributed by atoms with Crippen molar-refractivity contribution in [2.24, 2.45) is 11.7 Å². The molecule has 0 saturated heterocycles. The fourth-order valence-electron chi connectivity index (χ4n) is 2.13. The van der Waals surface area contributed by atoms with Crippen molar-refractivity contribution in [1.29, 1.82) is 0 Å². The van der Waals surface area contributed by atoms with Crippen LogP contribution in [0, 0.1) is 5.92 Å². The average Bonchev–Trinajstić information content (AvgIpc) is 2.65. The lowest BCUT2D eigenvalue weighted by molar-refractivity contribution is 0.112. The Balaban J connectivity index is 0.00000196. The monoisotopic (exact) mass is 236 g/mol. The van der Waals surface area contributed by atoms with Gasteiger partial charge in [-0.2, -0.15) is 0 Å². The van der Waals surface area contributed by atoms with E-state index in [1.807, 2.05) is 0 Å². The van der Waals surface area contributed by atoms with E-state index in [0.717, 1.165) is 19.1 Å². The zero-order valence-corrected chi connectivity index (χ0v) is 10.6. The van der Waals surface area contributed by atoms with E-state index in [9.17, 15) is 0 Å². The minimum absolute atomic E-state index is 0. The van der Waals surface area contributed by atoms with Crippen molar-refractivity contribution < 1.29 is 4.74 Å². The summed E-state index contributed by atoms with van der Waals surface area (Å²) in [5.74, 6) is 0.939. The molecule has 0 heterocycles. The molecule has 2 N–H and O–H groups in total. The highest BCUT2D eigenvalue weighted by atomic mass is 35.5.